The molecule has 0 unspecified atom stereocenters. The first-order chi connectivity index (χ1) is 7.36. The first kappa shape index (κ1) is 13.1. The quantitative estimate of drug-likeness (QED) is 0.761. The van der Waals surface area contributed by atoms with Crippen molar-refractivity contribution < 1.29 is 18.0 Å². The number of halogens is 3. The Bertz CT molecular complexity index is 399. The number of thioether (sulfide) groups is 1. The van der Waals surface area contributed by atoms with E-state index >= 15 is 0 Å². The van der Waals surface area contributed by atoms with E-state index in [0.29, 0.717) is 5.56 Å². The van der Waals surface area contributed by atoms with Gasteiger partial charge in [0.1, 0.15) is 5.78 Å². The molecule has 0 spiro atoms. The third kappa shape index (κ3) is 3.01. The zero-order valence-corrected chi connectivity index (χ0v) is 9.71. The predicted molar refractivity (Wildman–Crippen MR) is 57.6 cm³/mol. The van der Waals surface area contributed by atoms with E-state index < -0.39 is 11.7 Å². The fourth-order valence-electron chi connectivity index (χ4n) is 1.46. The second-order valence-electron chi connectivity index (χ2n) is 3.37. The van der Waals surface area contributed by atoms with Gasteiger partial charge in [0.15, 0.2) is 0 Å². The number of rotatable bonds is 3. The van der Waals surface area contributed by atoms with Crippen LogP contribution in [0.3, 0.4) is 0 Å². The van der Waals surface area contributed by atoms with Gasteiger partial charge in [0.2, 0.25) is 0 Å². The Labute approximate surface area is 96.0 Å². The molecule has 1 aromatic carbocycles. The maximum absolute atomic E-state index is 12.7. The lowest BCUT2D eigenvalue weighted by Crippen LogP contribution is -2.09. The van der Waals surface area contributed by atoms with Crippen LogP contribution in [0, 0.1) is 0 Å². The molecule has 0 N–H and O–H groups in total. The smallest absolute Gasteiger partial charge is 0.300 e. The van der Waals surface area contributed by atoms with E-state index in [9.17, 15) is 18.0 Å². The number of Topliss-reactive ketones (excluding diaryl/α,β-unsaturated/α-hetero) is 1. The van der Waals surface area contributed by atoms with E-state index in [1.807, 2.05) is 0 Å². The van der Waals surface area contributed by atoms with Crippen LogP contribution in [0.4, 0.5) is 13.2 Å². The first-order valence-electron chi connectivity index (χ1n) is 4.58. The van der Waals surface area contributed by atoms with Gasteiger partial charge in [-0.15, -0.1) is 11.8 Å². The zero-order chi connectivity index (χ0) is 12.3. The summed E-state index contributed by atoms with van der Waals surface area (Å²) in [4.78, 5) is 11.1. The van der Waals surface area contributed by atoms with Crippen LogP contribution in [0.1, 0.15) is 18.1 Å². The van der Waals surface area contributed by atoms with E-state index in [4.69, 9.17) is 0 Å². The summed E-state index contributed by atoms with van der Waals surface area (Å²) in [5.41, 5.74) is -0.228. The van der Waals surface area contributed by atoms with Crippen molar-refractivity contribution in [2.24, 2.45) is 0 Å². The summed E-state index contributed by atoms with van der Waals surface area (Å²) in [6.07, 6.45) is -2.75. The summed E-state index contributed by atoms with van der Waals surface area (Å²) in [5.74, 6) is -0.144. The Morgan fingerprint density at radius 2 is 2.00 bits per heavy atom. The van der Waals surface area contributed by atoms with Gasteiger partial charge >= 0.3 is 6.18 Å². The molecule has 0 saturated heterocycles. The van der Waals surface area contributed by atoms with Crippen molar-refractivity contribution >= 4 is 17.5 Å². The Kier molecular flexibility index (Phi) is 4.02. The summed E-state index contributed by atoms with van der Waals surface area (Å²) in [5, 5.41) is 0. The molecule has 0 radical (unpaired) electrons. The molecule has 0 bridgehead atoms. The monoisotopic (exact) mass is 248 g/mol. The van der Waals surface area contributed by atoms with Crippen molar-refractivity contribution in [2.75, 3.05) is 6.26 Å². The third-order valence-corrected chi connectivity index (χ3v) is 2.94. The van der Waals surface area contributed by atoms with Gasteiger partial charge in [-0.1, -0.05) is 12.1 Å². The lowest BCUT2D eigenvalue weighted by molar-refractivity contribution is -0.140. The number of hydrogen-bond donors (Lipinski definition) is 0. The van der Waals surface area contributed by atoms with Crippen molar-refractivity contribution in [3.63, 3.8) is 0 Å². The van der Waals surface area contributed by atoms with Crippen LogP contribution in [0.2, 0.25) is 0 Å². The molecule has 0 heterocycles. The zero-order valence-electron chi connectivity index (χ0n) is 8.89. The first-order valence-corrected chi connectivity index (χ1v) is 5.81. The van der Waals surface area contributed by atoms with Crippen molar-refractivity contribution in [3.05, 3.63) is 29.3 Å². The Balaban J connectivity index is 3.26. The molecule has 88 valence electrons. The average molecular weight is 248 g/mol. The van der Waals surface area contributed by atoms with Crippen LogP contribution < -0.4 is 0 Å². The van der Waals surface area contributed by atoms with Crippen LogP contribution in [0.15, 0.2) is 23.1 Å². The van der Waals surface area contributed by atoms with Gasteiger partial charge in [-0.2, -0.15) is 13.2 Å². The molecule has 16 heavy (non-hydrogen) atoms. The number of carbonyl (C=O) groups is 1. The molecule has 0 fully saturated rings. The Morgan fingerprint density at radius 3 is 2.44 bits per heavy atom. The second kappa shape index (κ2) is 4.91. The fraction of sp³-hybridized carbons (Fsp3) is 0.364. The van der Waals surface area contributed by atoms with E-state index in [2.05, 4.69) is 0 Å². The average Bonchev–Trinajstić information content (AvgIpc) is 2.15. The molecule has 5 heteroatoms. The minimum atomic E-state index is -4.37. The number of carbonyl (C=O) groups excluding carboxylic acids is 1. The highest BCUT2D eigenvalue weighted by Gasteiger charge is 2.34. The lowest BCUT2D eigenvalue weighted by atomic mass is 10.1. The summed E-state index contributed by atoms with van der Waals surface area (Å²) >= 11 is 1.02. The Hall–Kier alpha value is -0.970. The lowest BCUT2D eigenvalue weighted by Gasteiger charge is -2.14. The maximum Gasteiger partial charge on any atom is 0.417 e. The highest BCUT2D eigenvalue weighted by Crippen LogP contribution is 2.37. The molecule has 0 aliphatic heterocycles. The van der Waals surface area contributed by atoms with Crippen molar-refractivity contribution in [2.45, 2.75) is 24.4 Å². The second-order valence-corrected chi connectivity index (χ2v) is 4.19. The molecule has 1 aromatic rings. The van der Waals surface area contributed by atoms with Gasteiger partial charge in [0.25, 0.3) is 0 Å². The van der Waals surface area contributed by atoms with Crippen LogP contribution in [-0.4, -0.2) is 12.0 Å². The highest BCUT2D eigenvalue weighted by molar-refractivity contribution is 7.98. The summed E-state index contributed by atoms with van der Waals surface area (Å²) < 4.78 is 38.0. The van der Waals surface area contributed by atoms with Crippen LogP contribution >= 0.6 is 11.8 Å². The molecule has 0 saturated carbocycles. The summed E-state index contributed by atoms with van der Waals surface area (Å²) in [7, 11) is 0. The Morgan fingerprint density at radius 1 is 1.38 bits per heavy atom. The number of hydrogen-bond acceptors (Lipinski definition) is 2. The molecule has 0 atom stereocenters. The van der Waals surface area contributed by atoms with E-state index in [0.717, 1.165) is 17.8 Å². The van der Waals surface area contributed by atoms with Crippen molar-refractivity contribution in [3.8, 4) is 0 Å². The van der Waals surface area contributed by atoms with Crippen LogP contribution in [-0.2, 0) is 17.4 Å². The molecular formula is C11H11F3OS. The summed E-state index contributed by atoms with van der Waals surface area (Å²) in [6, 6.07) is 3.93. The van der Waals surface area contributed by atoms with Gasteiger partial charge in [-0.05, 0) is 24.8 Å². The number of benzene rings is 1. The minimum absolute atomic E-state index is 0.0418. The topological polar surface area (TPSA) is 17.1 Å². The van der Waals surface area contributed by atoms with E-state index in [1.54, 1.807) is 12.3 Å². The van der Waals surface area contributed by atoms with Crippen LogP contribution in [0.25, 0.3) is 0 Å². The van der Waals surface area contributed by atoms with E-state index in [-0.39, 0.29) is 17.1 Å². The van der Waals surface area contributed by atoms with E-state index in [1.165, 1.54) is 13.0 Å². The van der Waals surface area contributed by atoms with Crippen molar-refractivity contribution in [1.29, 1.82) is 0 Å². The molecule has 0 aromatic heterocycles. The van der Waals surface area contributed by atoms with Crippen LogP contribution in [0.5, 0.6) is 0 Å². The normalized spacial score (nSPS) is 11.6. The maximum atomic E-state index is 12.7. The molecule has 1 nitrogen and oxygen atoms in total. The van der Waals surface area contributed by atoms with Gasteiger partial charge in [0, 0.05) is 11.3 Å². The minimum Gasteiger partial charge on any atom is -0.300 e. The molecule has 0 amide bonds. The van der Waals surface area contributed by atoms with Gasteiger partial charge in [0.05, 0.1) is 5.56 Å². The van der Waals surface area contributed by atoms with Gasteiger partial charge < -0.3 is 0 Å². The molecule has 0 aliphatic rings. The standard InChI is InChI=1S/C11H11F3OS/c1-7(15)6-8-4-3-5-9(10(8)16-2)11(12,13)14/h3-5H,6H2,1-2H3. The number of ketones is 1. The van der Waals surface area contributed by atoms with Gasteiger partial charge in [-0.25, -0.2) is 0 Å². The molecule has 0 aliphatic carbocycles. The third-order valence-electron chi connectivity index (χ3n) is 2.05. The molecule has 1 rings (SSSR count). The summed E-state index contributed by atoms with van der Waals surface area (Å²) in [6.45, 7) is 1.37. The largest absolute Gasteiger partial charge is 0.417 e. The SMILES string of the molecule is CSc1c(CC(C)=O)cccc1C(F)(F)F. The highest BCUT2D eigenvalue weighted by atomic mass is 32.2. The number of alkyl halides is 3. The molecular weight excluding hydrogens is 237 g/mol. The van der Waals surface area contributed by atoms with Crippen molar-refractivity contribution in [1.82, 2.24) is 0 Å². The fourth-order valence-corrected chi connectivity index (χ4v) is 2.26. The predicted octanol–water partition coefficient (Wildman–Crippen LogP) is 3.56. The van der Waals surface area contributed by atoms with Gasteiger partial charge in [-0.3, -0.25) is 4.79 Å².